The van der Waals surface area contributed by atoms with E-state index in [9.17, 15) is 26.3 Å². The lowest BCUT2D eigenvalue weighted by Gasteiger charge is -2.15. The maximum Gasteiger partial charge on any atom is 0.436 e. The summed E-state index contributed by atoms with van der Waals surface area (Å²) in [6.07, 6.45) is -4.29. The van der Waals surface area contributed by atoms with Gasteiger partial charge in [-0.3, -0.25) is 0 Å². The van der Waals surface area contributed by atoms with Crippen molar-refractivity contribution in [1.82, 2.24) is 4.98 Å². The first-order valence-electron chi connectivity index (χ1n) is 5.74. The molecule has 1 aromatic carbocycles. The highest BCUT2D eigenvalue weighted by Crippen LogP contribution is 2.32. The first-order chi connectivity index (χ1) is 10.1. The van der Waals surface area contributed by atoms with Gasteiger partial charge in [-0.05, 0) is 17.7 Å². The predicted octanol–water partition coefficient (Wildman–Crippen LogP) is 4.64. The molecule has 1 atom stereocenters. The van der Waals surface area contributed by atoms with Crippen molar-refractivity contribution in [3.8, 4) is 0 Å². The Morgan fingerprint density at radius 3 is 2.22 bits per heavy atom. The van der Waals surface area contributed by atoms with Crippen LogP contribution in [0, 0.1) is 17.5 Å². The third-order valence-corrected chi connectivity index (χ3v) is 3.24. The molecular weight excluding hydrogens is 369 g/mol. The van der Waals surface area contributed by atoms with Crippen molar-refractivity contribution in [3.05, 3.63) is 63.7 Å². The second-order valence-electron chi connectivity index (χ2n) is 4.34. The maximum atomic E-state index is 13.8. The van der Waals surface area contributed by atoms with E-state index in [1.165, 1.54) is 0 Å². The van der Waals surface area contributed by atoms with Crippen molar-refractivity contribution in [1.29, 1.82) is 0 Å². The van der Waals surface area contributed by atoms with Crippen LogP contribution in [0.4, 0.5) is 26.3 Å². The van der Waals surface area contributed by atoms with Crippen LogP contribution in [-0.4, -0.2) is 4.98 Å². The maximum absolute atomic E-state index is 13.8. The van der Waals surface area contributed by atoms with Gasteiger partial charge in [-0.15, -0.1) is 12.4 Å². The molecule has 126 valence electrons. The molecule has 1 unspecified atom stereocenters. The minimum Gasteiger partial charge on any atom is -0.320 e. The zero-order valence-electron chi connectivity index (χ0n) is 11.0. The number of hydrogen-bond donors (Lipinski definition) is 1. The molecule has 2 nitrogen and oxygen atoms in total. The summed E-state index contributed by atoms with van der Waals surface area (Å²) >= 11 is 5.39. The predicted molar refractivity (Wildman–Crippen MR) is 73.8 cm³/mol. The molecule has 2 aromatic rings. The van der Waals surface area contributed by atoms with Crippen LogP contribution in [0.2, 0.25) is 5.02 Å². The van der Waals surface area contributed by atoms with Crippen molar-refractivity contribution in [2.45, 2.75) is 12.2 Å². The van der Waals surface area contributed by atoms with E-state index in [4.69, 9.17) is 17.3 Å². The van der Waals surface area contributed by atoms with Crippen LogP contribution in [0.1, 0.15) is 22.9 Å². The SMILES string of the molecule is Cl.NC(c1cnc(C(F)(F)F)c(F)c1)c1ccc(F)c(Cl)c1F. The molecule has 0 aliphatic carbocycles. The summed E-state index contributed by atoms with van der Waals surface area (Å²) in [6, 6.07) is 0.949. The van der Waals surface area contributed by atoms with Crippen LogP contribution in [0.3, 0.4) is 0 Å². The quantitative estimate of drug-likeness (QED) is 0.612. The number of rotatable bonds is 2. The fraction of sp³-hybridized carbons (Fsp3) is 0.154. The van der Waals surface area contributed by atoms with Crippen molar-refractivity contribution < 1.29 is 26.3 Å². The van der Waals surface area contributed by atoms with Crippen LogP contribution >= 0.6 is 24.0 Å². The summed E-state index contributed by atoms with van der Waals surface area (Å²) in [5.74, 6) is -3.84. The highest BCUT2D eigenvalue weighted by atomic mass is 35.5. The van der Waals surface area contributed by atoms with Gasteiger partial charge in [0.15, 0.2) is 11.5 Å². The molecule has 0 fully saturated rings. The van der Waals surface area contributed by atoms with Crippen LogP contribution < -0.4 is 5.73 Å². The van der Waals surface area contributed by atoms with E-state index in [2.05, 4.69) is 4.98 Å². The summed E-state index contributed by atoms with van der Waals surface area (Å²) < 4.78 is 77.6. The van der Waals surface area contributed by atoms with Gasteiger partial charge in [0.25, 0.3) is 0 Å². The average Bonchev–Trinajstić information content (AvgIpc) is 2.43. The Hall–Kier alpha value is -1.51. The summed E-state index contributed by atoms with van der Waals surface area (Å²) in [6.45, 7) is 0. The Balaban J connectivity index is 0.00000264. The number of benzene rings is 1. The number of nitrogens with zero attached hydrogens (tertiary/aromatic N) is 1. The van der Waals surface area contributed by atoms with Gasteiger partial charge < -0.3 is 5.73 Å². The number of pyridine rings is 1. The number of nitrogens with two attached hydrogens (primary N) is 1. The molecule has 0 radical (unpaired) electrons. The molecule has 23 heavy (non-hydrogen) atoms. The number of alkyl halides is 3. The van der Waals surface area contributed by atoms with E-state index in [-0.39, 0.29) is 23.5 Å². The third-order valence-electron chi connectivity index (χ3n) is 2.89. The molecule has 0 spiro atoms. The summed E-state index contributed by atoms with van der Waals surface area (Å²) in [4.78, 5) is 2.96. The molecule has 10 heteroatoms. The molecule has 2 N–H and O–H groups in total. The normalized spacial score (nSPS) is 12.7. The minimum atomic E-state index is -4.96. The first-order valence-corrected chi connectivity index (χ1v) is 6.12. The molecule has 1 aromatic heterocycles. The van der Waals surface area contributed by atoms with Crippen LogP contribution in [0.25, 0.3) is 0 Å². The topological polar surface area (TPSA) is 38.9 Å². The zero-order chi connectivity index (χ0) is 16.7. The van der Waals surface area contributed by atoms with Gasteiger partial charge in [0.05, 0.1) is 6.04 Å². The average molecular weight is 377 g/mol. The zero-order valence-corrected chi connectivity index (χ0v) is 12.5. The highest BCUT2D eigenvalue weighted by molar-refractivity contribution is 6.30. The van der Waals surface area contributed by atoms with Crippen LogP contribution in [-0.2, 0) is 6.18 Å². The molecule has 0 saturated carbocycles. The van der Waals surface area contributed by atoms with Gasteiger partial charge in [0, 0.05) is 11.8 Å². The monoisotopic (exact) mass is 376 g/mol. The molecule has 0 amide bonds. The Morgan fingerprint density at radius 2 is 1.70 bits per heavy atom. The van der Waals surface area contributed by atoms with Crippen LogP contribution in [0.15, 0.2) is 24.4 Å². The van der Waals surface area contributed by atoms with E-state index in [0.29, 0.717) is 12.3 Å². The van der Waals surface area contributed by atoms with Gasteiger partial charge in [-0.25, -0.2) is 18.2 Å². The molecule has 2 rings (SSSR count). The van der Waals surface area contributed by atoms with E-state index < -0.39 is 40.4 Å². The smallest absolute Gasteiger partial charge is 0.320 e. The van der Waals surface area contributed by atoms with Crippen LogP contribution in [0.5, 0.6) is 0 Å². The van der Waals surface area contributed by atoms with Gasteiger partial charge in [0.1, 0.15) is 16.7 Å². The summed E-state index contributed by atoms with van der Waals surface area (Å²) in [7, 11) is 0. The van der Waals surface area contributed by atoms with Gasteiger partial charge in [-0.1, -0.05) is 17.7 Å². The molecule has 0 saturated heterocycles. The molecule has 1 heterocycles. The molecule has 0 aliphatic heterocycles. The standard InChI is InChI=1S/C13H7ClF6N2.ClH/c14-9-7(15)2-1-6(10(9)17)11(21)5-3-8(16)12(22-4-5)13(18,19)20;/h1-4,11H,21H2;1H. The largest absolute Gasteiger partial charge is 0.436 e. The Kier molecular flexibility index (Phi) is 5.89. The Bertz CT molecular complexity index is 720. The Labute approximate surface area is 137 Å². The van der Waals surface area contributed by atoms with Crippen molar-refractivity contribution in [3.63, 3.8) is 0 Å². The lowest BCUT2D eigenvalue weighted by Crippen LogP contribution is -2.17. The highest BCUT2D eigenvalue weighted by Gasteiger charge is 2.36. The van der Waals surface area contributed by atoms with Crippen molar-refractivity contribution in [2.75, 3.05) is 0 Å². The molecule has 0 bridgehead atoms. The second-order valence-corrected chi connectivity index (χ2v) is 4.72. The van der Waals surface area contributed by atoms with Crippen molar-refractivity contribution in [2.24, 2.45) is 5.73 Å². The van der Waals surface area contributed by atoms with Gasteiger partial charge in [-0.2, -0.15) is 13.2 Å². The minimum absolute atomic E-state index is 0. The number of aromatic nitrogens is 1. The third kappa shape index (κ3) is 3.88. The van der Waals surface area contributed by atoms with E-state index in [0.717, 1.165) is 12.1 Å². The first kappa shape index (κ1) is 19.5. The van der Waals surface area contributed by atoms with E-state index in [1.807, 2.05) is 0 Å². The van der Waals surface area contributed by atoms with Gasteiger partial charge >= 0.3 is 6.18 Å². The number of hydrogen-bond acceptors (Lipinski definition) is 2. The number of halogens is 8. The van der Waals surface area contributed by atoms with Gasteiger partial charge in [0.2, 0.25) is 0 Å². The second kappa shape index (κ2) is 6.94. The van der Waals surface area contributed by atoms with E-state index >= 15 is 0 Å². The molecular formula is C13H8Cl2F6N2. The summed E-state index contributed by atoms with van der Waals surface area (Å²) in [5.41, 5.74) is 3.43. The fourth-order valence-electron chi connectivity index (χ4n) is 1.79. The lowest BCUT2D eigenvalue weighted by molar-refractivity contribution is -0.143. The van der Waals surface area contributed by atoms with Crippen molar-refractivity contribution >= 4 is 24.0 Å². The fourth-order valence-corrected chi connectivity index (χ4v) is 1.96. The Morgan fingerprint density at radius 1 is 1.09 bits per heavy atom. The summed E-state index contributed by atoms with van der Waals surface area (Å²) in [5, 5.41) is -0.812. The van der Waals surface area contributed by atoms with E-state index in [1.54, 1.807) is 0 Å². The lowest BCUT2D eigenvalue weighted by atomic mass is 10.00. The molecule has 0 aliphatic rings.